The van der Waals surface area contributed by atoms with Crippen LogP contribution in [-0.2, 0) is 11.2 Å². The Morgan fingerprint density at radius 1 is 1.13 bits per heavy atom. The molecule has 0 aromatic heterocycles. The van der Waals surface area contributed by atoms with E-state index in [1.165, 1.54) is 0 Å². The Balaban J connectivity index is 1.38. The molecule has 38 heavy (non-hydrogen) atoms. The molecule has 6 heteroatoms. The fraction of sp³-hybridized carbons (Fsp3) is 0.438. The number of halogens is 1. The molecule has 0 saturated carbocycles. The normalized spacial score (nSPS) is 24.3. The molecule has 0 radical (unpaired) electrons. The standard InChI is InChI=1S/C32H39ClN2O3/c1-30(2)21-34(19-16-32(30,37)23-10-13-25(33)14-11-23)17-7-8-26-27-20-24(31(3,4)36)12-15-29(27)38-22-35-18-6-5-9-28(26)35/h5-6,8-15,20,36-37H,7,16-19,21-22H2,1-4H3/t32-/m0/s1. The van der Waals surface area contributed by atoms with Crippen LogP contribution >= 0.6 is 11.6 Å². The summed E-state index contributed by atoms with van der Waals surface area (Å²) in [7, 11) is 0. The van der Waals surface area contributed by atoms with Crippen molar-refractivity contribution in [2.24, 2.45) is 5.41 Å². The van der Waals surface area contributed by atoms with E-state index in [0.717, 1.165) is 66.3 Å². The summed E-state index contributed by atoms with van der Waals surface area (Å²) >= 11 is 6.10. The zero-order valence-corrected chi connectivity index (χ0v) is 23.6. The molecule has 3 heterocycles. The van der Waals surface area contributed by atoms with E-state index in [2.05, 4.69) is 54.0 Å². The molecule has 5 nitrogen and oxygen atoms in total. The lowest BCUT2D eigenvalue weighted by molar-refractivity contribution is -0.125. The highest BCUT2D eigenvalue weighted by Crippen LogP contribution is 2.46. The van der Waals surface area contributed by atoms with Gasteiger partial charge in [-0.2, -0.15) is 0 Å². The molecule has 2 N–H and O–H groups in total. The van der Waals surface area contributed by atoms with Crippen LogP contribution in [0.4, 0.5) is 0 Å². The quantitative estimate of drug-likeness (QED) is 0.488. The average Bonchev–Trinajstić information content (AvgIpc) is 3.02. The summed E-state index contributed by atoms with van der Waals surface area (Å²) in [6, 6.07) is 13.6. The molecule has 5 rings (SSSR count). The molecule has 3 aliphatic rings. The molecule has 0 aliphatic carbocycles. The van der Waals surface area contributed by atoms with Crippen LogP contribution in [0, 0.1) is 5.41 Å². The molecule has 0 unspecified atom stereocenters. The number of rotatable bonds is 5. The molecule has 2 aromatic rings. The van der Waals surface area contributed by atoms with Crippen LogP contribution in [0.5, 0.6) is 5.75 Å². The number of ether oxygens (including phenoxy) is 1. The lowest BCUT2D eigenvalue weighted by atomic mass is 9.66. The Morgan fingerprint density at radius 3 is 2.61 bits per heavy atom. The Kier molecular flexibility index (Phi) is 7.25. The third kappa shape index (κ3) is 5.17. The summed E-state index contributed by atoms with van der Waals surface area (Å²) in [6.45, 7) is 11.8. The van der Waals surface area contributed by atoms with Crippen LogP contribution in [0.1, 0.15) is 57.2 Å². The van der Waals surface area contributed by atoms with Crippen LogP contribution in [0.25, 0.3) is 5.57 Å². The first kappa shape index (κ1) is 27.0. The minimum atomic E-state index is -0.937. The highest BCUT2D eigenvalue weighted by molar-refractivity contribution is 6.30. The third-order valence-corrected chi connectivity index (χ3v) is 8.58. The van der Waals surface area contributed by atoms with Crippen molar-refractivity contribution >= 4 is 17.2 Å². The molecule has 202 valence electrons. The average molecular weight is 535 g/mol. The van der Waals surface area contributed by atoms with Gasteiger partial charge in [-0.15, -0.1) is 0 Å². The smallest absolute Gasteiger partial charge is 0.161 e. The molecule has 1 saturated heterocycles. The Morgan fingerprint density at radius 2 is 1.89 bits per heavy atom. The van der Waals surface area contributed by atoms with Gasteiger partial charge >= 0.3 is 0 Å². The fourth-order valence-electron chi connectivity index (χ4n) is 5.95. The van der Waals surface area contributed by atoms with Gasteiger partial charge in [-0.1, -0.05) is 61.9 Å². The largest absolute Gasteiger partial charge is 0.472 e. The number of piperidine rings is 1. The number of allylic oxidation sites excluding steroid dienone is 3. The molecule has 0 bridgehead atoms. The maximum absolute atomic E-state index is 11.7. The van der Waals surface area contributed by atoms with Gasteiger partial charge in [0.05, 0.1) is 11.2 Å². The van der Waals surface area contributed by atoms with Gasteiger partial charge in [-0.3, -0.25) is 0 Å². The van der Waals surface area contributed by atoms with Crippen molar-refractivity contribution in [3.63, 3.8) is 0 Å². The SMILES string of the molecule is CC(C)(O)c1ccc2c(c1)C(=CCCN1CC[C@](O)(c3ccc(Cl)cc3)C(C)(C)C1)C1=CC=CCN1CO2. The van der Waals surface area contributed by atoms with Gasteiger partial charge in [-0.05, 0) is 68.2 Å². The Hall–Kier alpha value is -2.57. The molecular formula is C32H39ClN2O3. The van der Waals surface area contributed by atoms with Crippen molar-refractivity contribution in [1.29, 1.82) is 0 Å². The van der Waals surface area contributed by atoms with Gasteiger partial charge in [-0.25, -0.2) is 0 Å². The second kappa shape index (κ2) is 10.2. The second-order valence-corrected chi connectivity index (χ2v) is 12.4. The molecule has 2 aromatic carbocycles. The predicted molar refractivity (Wildman–Crippen MR) is 154 cm³/mol. The summed E-state index contributed by atoms with van der Waals surface area (Å²) in [5.41, 5.74) is 2.96. The summed E-state index contributed by atoms with van der Waals surface area (Å²) in [4.78, 5) is 4.70. The van der Waals surface area contributed by atoms with E-state index in [0.29, 0.717) is 18.2 Å². The van der Waals surface area contributed by atoms with E-state index in [4.69, 9.17) is 16.3 Å². The zero-order chi connectivity index (χ0) is 27.1. The third-order valence-electron chi connectivity index (χ3n) is 8.33. The lowest BCUT2D eigenvalue weighted by Crippen LogP contribution is -2.55. The van der Waals surface area contributed by atoms with E-state index in [-0.39, 0.29) is 5.41 Å². The molecule has 1 atom stereocenters. The van der Waals surface area contributed by atoms with Crippen LogP contribution in [0.3, 0.4) is 0 Å². The van der Waals surface area contributed by atoms with Crippen LogP contribution in [-0.4, -0.2) is 52.9 Å². The van der Waals surface area contributed by atoms with Gasteiger partial charge in [0.2, 0.25) is 0 Å². The Labute approximate surface area is 231 Å². The van der Waals surface area contributed by atoms with Gasteiger partial charge in [0.1, 0.15) is 5.75 Å². The number of likely N-dealkylation sites (tertiary alicyclic amines) is 1. The highest BCUT2D eigenvalue weighted by Gasteiger charge is 2.48. The van der Waals surface area contributed by atoms with Gasteiger partial charge in [0.25, 0.3) is 0 Å². The predicted octanol–water partition coefficient (Wildman–Crippen LogP) is 6.07. The van der Waals surface area contributed by atoms with Crippen LogP contribution in [0.15, 0.2) is 72.5 Å². The monoisotopic (exact) mass is 534 g/mol. The highest BCUT2D eigenvalue weighted by atomic mass is 35.5. The summed E-state index contributed by atoms with van der Waals surface area (Å²) < 4.78 is 6.19. The molecule has 1 fully saturated rings. The summed E-state index contributed by atoms with van der Waals surface area (Å²) in [6.07, 6.45) is 10.3. The molecule has 3 aliphatic heterocycles. The van der Waals surface area contributed by atoms with Crippen LogP contribution < -0.4 is 4.74 Å². The molecule has 0 spiro atoms. The van der Waals surface area contributed by atoms with Crippen molar-refractivity contribution in [1.82, 2.24) is 9.80 Å². The molecule has 0 amide bonds. The summed E-state index contributed by atoms with van der Waals surface area (Å²) in [5, 5.41) is 23.1. The van der Waals surface area contributed by atoms with E-state index in [1.54, 1.807) is 0 Å². The summed E-state index contributed by atoms with van der Waals surface area (Å²) in [5.74, 6) is 0.840. The topological polar surface area (TPSA) is 56.2 Å². The number of nitrogens with zero attached hydrogens (tertiary/aromatic N) is 2. The fourth-order valence-corrected chi connectivity index (χ4v) is 6.08. The zero-order valence-electron chi connectivity index (χ0n) is 22.9. The Bertz CT molecular complexity index is 1270. The number of aliphatic hydroxyl groups is 2. The maximum atomic E-state index is 11.7. The van der Waals surface area contributed by atoms with Crippen molar-refractivity contribution in [3.8, 4) is 5.75 Å². The maximum Gasteiger partial charge on any atom is 0.161 e. The number of hydrogen-bond acceptors (Lipinski definition) is 5. The number of hydrogen-bond donors (Lipinski definition) is 2. The van der Waals surface area contributed by atoms with E-state index < -0.39 is 11.2 Å². The van der Waals surface area contributed by atoms with Crippen molar-refractivity contribution in [2.75, 3.05) is 32.9 Å². The minimum absolute atomic E-state index is 0.315. The van der Waals surface area contributed by atoms with Crippen molar-refractivity contribution in [2.45, 2.75) is 51.7 Å². The number of benzene rings is 2. The van der Waals surface area contributed by atoms with Gasteiger partial charge in [0, 0.05) is 53.5 Å². The van der Waals surface area contributed by atoms with Gasteiger partial charge < -0.3 is 24.7 Å². The lowest BCUT2D eigenvalue weighted by Gasteiger charge is -2.50. The minimum Gasteiger partial charge on any atom is -0.472 e. The first-order valence-corrected chi connectivity index (χ1v) is 13.9. The number of fused-ring (bicyclic) bond motifs is 2. The van der Waals surface area contributed by atoms with Crippen molar-refractivity contribution < 1.29 is 14.9 Å². The van der Waals surface area contributed by atoms with Crippen LogP contribution in [0.2, 0.25) is 5.02 Å². The van der Waals surface area contributed by atoms with E-state index >= 15 is 0 Å². The van der Waals surface area contributed by atoms with E-state index in [1.807, 2.05) is 50.2 Å². The van der Waals surface area contributed by atoms with Crippen molar-refractivity contribution in [3.05, 3.63) is 94.2 Å². The van der Waals surface area contributed by atoms with Gasteiger partial charge in [0.15, 0.2) is 6.73 Å². The second-order valence-electron chi connectivity index (χ2n) is 11.9. The first-order chi connectivity index (χ1) is 18.0. The first-order valence-electron chi connectivity index (χ1n) is 13.5. The molecular weight excluding hydrogens is 496 g/mol. The van der Waals surface area contributed by atoms with E-state index in [9.17, 15) is 10.2 Å².